The molecule has 0 fully saturated rings. The second-order valence-electron chi connectivity index (χ2n) is 5.03. The maximum Gasteiger partial charge on any atom is 0.251 e. The molecule has 0 aliphatic rings. The minimum atomic E-state index is -0.135. The van der Waals surface area contributed by atoms with Crippen LogP contribution in [0.3, 0.4) is 0 Å². The van der Waals surface area contributed by atoms with Crippen LogP contribution in [0.5, 0.6) is 0 Å². The van der Waals surface area contributed by atoms with Gasteiger partial charge in [-0.3, -0.25) is 9.48 Å². The third-order valence-electron chi connectivity index (χ3n) is 3.34. The molecule has 124 valence electrons. The number of ether oxygens (including phenoxy) is 1. The van der Waals surface area contributed by atoms with E-state index in [9.17, 15) is 4.79 Å². The van der Waals surface area contributed by atoms with E-state index < -0.39 is 0 Å². The number of carbonyl (C=O) groups is 1. The third-order valence-corrected chi connectivity index (χ3v) is 3.34. The van der Waals surface area contributed by atoms with Gasteiger partial charge in [-0.15, -0.1) is 0 Å². The lowest BCUT2D eigenvalue weighted by atomic mass is 10.2. The van der Waals surface area contributed by atoms with Crippen molar-refractivity contribution >= 4 is 5.91 Å². The molecule has 0 saturated carbocycles. The fraction of sp³-hybridized carbons (Fsp3) is 0.250. The first-order valence-electron chi connectivity index (χ1n) is 7.61. The number of benzene rings is 1. The summed E-state index contributed by atoms with van der Waals surface area (Å²) in [5.41, 5.74) is 1.43. The average molecular weight is 326 g/mol. The molecule has 1 N–H and O–H groups in total. The van der Waals surface area contributed by atoms with E-state index in [1.54, 1.807) is 34.0 Å². The Balaban J connectivity index is 1.41. The van der Waals surface area contributed by atoms with E-state index in [0.29, 0.717) is 31.9 Å². The largest absolute Gasteiger partial charge is 0.378 e. The number of amides is 1. The molecule has 3 aromatic rings. The van der Waals surface area contributed by atoms with Crippen LogP contribution >= 0.6 is 0 Å². The van der Waals surface area contributed by atoms with Crippen LogP contribution in [-0.4, -0.2) is 50.2 Å². The summed E-state index contributed by atoms with van der Waals surface area (Å²) in [6.07, 6.45) is 6.65. The Hall–Kier alpha value is -3.00. The molecule has 24 heavy (non-hydrogen) atoms. The van der Waals surface area contributed by atoms with Gasteiger partial charge in [0.05, 0.1) is 25.4 Å². The fourth-order valence-corrected chi connectivity index (χ4v) is 2.16. The molecule has 0 radical (unpaired) electrons. The summed E-state index contributed by atoms with van der Waals surface area (Å²) in [5.74, 6) is -0.135. The molecule has 0 aliphatic heterocycles. The maximum atomic E-state index is 12.2. The van der Waals surface area contributed by atoms with Crippen molar-refractivity contribution in [3.8, 4) is 5.69 Å². The van der Waals surface area contributed by atoms with Crippen LogP contribution in [0.15, 0.2) is 55.4 Å². The first kappa shape index (κ1) is 15.9. The number of hydrogen-bond donors (Lipinski definition) is 1. The van der Waals surface area contributed by atoms with Crippen molar-refractivity contribution < 1.29 is 9.53 Å². The molecule has 1 aromatic carbocycles. The van der Waals surface area contributed by atoms with Gasteiger partial charge in [0, 0.05) is 24.5 Å². The van der Waals surface area contributed by atoms with E-state index in [1.807, 2.05) is 24.4 Å². The quantitative estimate of drug-likeness (QED) is 0.622. The summed E-state index contributed by atoms with van der Waals surface area (Å²) < 4.78 is 8.86. The highest BCUT2D eigenvalue weighted by atomic mass is 16.5. The highest BCUT2D eigenvalue weighted by Crippen LogP contribution is 2.09. The van der Waals surface area contributed by atoms with Gasteiger partial charge >= 0.3 is 0 Å². The van der Waals surface area contributed by atoms with Crippen LogP contribution in [0.4, 0.5) is 0 Å². The van der Waals surface area contributed by atoms with Gasteiger partial charge in [-0.2, -0.15) is 10.2 Å². The Kier molecular flexibility index (Phi) is 5.31. The molecule has 1 amide bonds. The molecule has 8 nitrogen and oxygen atoms in total. The molecular formula is C16H18N6O2. The molecule has 0 bridgehead atoms. The molecule has 0 atom stereocenters. The molecule has 0 aliphatic carbocycles. The maximum absolute atomic E-state index is 12.2. The Morgan fingerprint density at radius 1 is 1.21 bits per heavy atom. The molecule has 8 heteroatoms. The van der Waals surface area contributed by atoms with Crippen molar-refractivity contribution in [2.24, 2.45) is 0 Å². The van der Waals surface area contributed by atoms with Crippen LogP contribution in [0.2, 0.25) is 0 Å². The predicted molar refractivity (Wildman–Crippen MR) is 86.7 cm³/mol. The molecule has 2 heterocycles. The van der Waals surface area contributed by atoms with Gasteiger partial charge in [-0.25, -0.2) is 9.67 Å². The van der Waals surface area contributed by atoms with Crippen molar-refractivity contribution in [1.82, 2.24) is 29.9 Å². The van der Waals surface area contributed by atoms with Gasteiger partial charge < -0.3 is 10.1 Å². The summed E-state index contributed by atoms with van der Waals surface area (Å²) in [4.78, 5) is 16.0. The Morgan fingerprint density at radius 3 is 2.96 bits per heavy atom. The standard InChI is InChI=1S/C16H18N6O2/c23-16(18-6-9-24-10-8-21-13-17-12-20-21)14-3-1-4-15(11-14)22-7-2-5-19-22/h1-5,7,11-13H,6,8-10H2,(H,18,23). The van der Waals surface area contributed by atoms with Gasteiger partial charge in [0.2, 0.25) is 0 Å². The Bertz CT molecular complexity index is 755. The summed E-state index contributed by atoms with van der Waals surface area (Å²) >= 11 is 0. The Labute approximate surface area is 139 Å². The fourth-order valence-electron chi connectivity index (χ4n) is 2.16. The number of nitrogens with one attached hydrogen (secondary N) is 1. The van der Waals surface area contributed by atoms with Crippen molar-refractivity contribution in [3.63, 3.8) is 0 Å². The van der Waals surface area contributed by atoms with E-state index in [-0.39, 0.29) is 5.91 Å². The van der Waals surface area contributed by atoms with E-state index in [4.69, 9.17) is 4.74 Å². The van der Waals surface area contributed by atoms with E-state index in [2.05, 4.69) is 20.5 Å². The summed E-state index contributed by atoms with van der Waals surface area (Å²) in [7, 11) is 0. The smallest absolute Gasteiger partial charge is 0.251 e. The van der Waals surface area contributed by atoms with E-state index in [0.717, 1.165) is 5.69 Å². The zero-order chi connectivity index (χ0) is 16.6. The van der Waals surface area contributed by atoms with Crippen LogP contribution in [0, 0.1) is 0 Å². The zero-order valence-electron chi connectivity index (χ0n) is 13.1. The zero-order valence-corrected chi connectivity index (χ0v) is 13.1. The number of carbonyl (C=O) groups excluding carboxylic acids is 1. The molecule has 3 rings (SSSR count). The van der Waals surface area contributed by atoms with Crippen molar-refractivity contribution in [3.05, 3.63) is 60.9 Å². The SMILES string of the molecule is O=C(NCCOCCn1cncn1)c1cccc(-n2cccn2)c1. The van der Waals surface area contributed by atoms with Gasteiger partial charge in [0.15, 0.2) is 0 Å². The van der Waals surface area contributed by atoms with Gasteiger partial charge in [-0.05, 0) is 24.3 Å². The molecule has 0 saturated heterocycles. The second kappa shape index (κ2) is 8.02. The van der Waals surface area contributed by atoms with Crippen molar-refractivity contribution in [2.45, 2.75) is 6.54 Å². The minimum Gasteiger partial charge on any atom is -0.378 e. The van der Waals surface area contributed by atoms with Crippen molar-refractivity contribution in [2.75, 3.05) is 19.8 Å². The van der Waals surface area contributed by atoms with E-state index >= 15 is 0 Å². The summed E-state index contributed by atoms with van der Waals surface area (Å²) in [6.45, 7) is 2.05. The van der Waals surface area contributed by atoms with Gasteiger partial charge in [-0.1, -0.05) is 6.07 Å². The predicted octanol–water partition coefficient (Wildman–Crippen LogP) is 0.910. The highest BCUT2D eigenvalue weighted by molar-refractivity contribution is 5.94. The number of aromatic nitrogens is 5. The van der Waals surface area contributed by atoms with Crippen molar-refractivity contribution in [1.29, 1.82) is 0 Å². The van der Waals surface area contributed by atoms with Gasteiger partial charge in [0.25, 0.3) is 5.91 Å². The highest BCUT2D eigenvalue weighted by Gasteiger charge is 2.06. The molecule has 0 unspecified atom stereocenters. The molecule has 0 spiro atoms. The monoisotopic (exact) mass is 326 g/mol. The van der Waals surface area contributed by atoms with Crippen LogP contribution in [0.1, 0.15) is 10.4 Å². The third kappa shape index (κ3) is 4.26. The molecular weight excluding hydrogens is 308 g/mol. The normalized spacial score (nSPS) is 10.7. The summed E-state index contributed by atoms with van der Waals surface area (Å²) in [5, 5.41) is 11.0. The lowest BCUT2D eigenvalue weighted by Gasteiger charge is -2.08. The second-order valence-corrected chi connectivity index (χ2v) is 5.03. The topological polar surface area (TPSA) is 86.9 Å². The molecule has 2 aromatic heterocycles. The van der Waals surface area contributed by atoms with Crippen LogP contribution in [-0.2, 0) is 11.3 Å². The minimum absolute atomic E-state index is 0.135. The Morgan fingerprint density at radius 2 is 2.17 bits per heavy atom. The first-order valence-corrected chi connectivity index (χ1v) is 7.61. The first-order chi connectivity index (χ1) is 11.8. The summed E-state index contributed by atoms with van der Waals surface area (Å²) in [6, 6.07) is 9.14. The van der Waals surface area contributed by atoms with Crippen LogP contribution in [0.25, 0.3) is 5.69 Å². The number of hydrogen-bond acceptors (Lipinski definition) is 5. The average Bonchev–Trinajstić information content (AvgIpc) is 3.31. The van der Waals surface area contributed by atoms with Crippen LogP contribution < -0.4 is 5.32 Å². The number of nitrogens with zero attached hydrogens (tertiary/aromatic N) is 5. The lowest BCUT2D eigenvalue weighted by molar-refractivity contribution is 0.0906. The number of rotatable bonds is 8. The van der Waals surface area contributed by atoms with E-state index in [1.165, 1.54) is 6.33 Å². The lowest BCUT2D eigenvalue weighted by Crippen LogP contribution is -2.27. The van der Waals surface area contributed by atoms with Gasteiger partial charge in [0.1, 0.15) is 12.7 Å².